The maximum atomic E-state index is 12.9. The molecule has 0 atom stereocenters. The fraction of sp³-hybridized carbons (Fsp3) is 0.316. The Morgan fingerprint density at radius 2 is 2.00 bits per heavy atom. The van der Waals surface area contributed by atoms with Crippen LogP contribution in [0.4, 0.5) is 0 Å². The Labute approximate surface area is 176 Å². The van der Waals surface area contributed by atoms with Crippen LogP contribution in [-0.4, -0.2) is 39.1 Å². The topological polar surface area (TPSA) is 81.2 Å². The third-order valence-electron chi connectivity index (χ3n) is 4.36. The summed E-state index contributed by atoms with van der Waals surface area (Å²) in [5.74, 6) is -0.756. The number of aryl methyl sites for hydroxylation is 1. The van der Waals surface area contributed by atoms with Gasteiger partial charge in [-0.3, -0.25) is 14.3 Å². The van der Waals surface area contributed by atoms with E-state index in [1.54, 1.807) is 12.1 Å². The molecule has 0 bridgehead atoms. The van der Waals surface area contributed by atoms with Gasteiger partial charge in [-0.05, 0) is 44.5 Å². The number of nitrogens with two attached hydrogens (primary N) is 1. The molecule has 2 heterocycles. The molecule has 1 aromatic carbocycles. The van der Waals surface area contributed by atoms with Crippen molar-refractivity contribution in [1.29, 1.82) is 0 Å². The quantitative estimate of drug-likeness (QED) is 0.628. The smallest absolute Gasteiger partial charge is 0.264 e. The number of hydrogen-bond donors (Lipinski definition) is 1. The second kappa shape index (κ2) is 8.11. The minimum atomic E-state index is -0.539. The Morgan fingerprint density at radius 1 is 1.29 bits per heavy atom. The van der Waals surface area contributed by atoms with Gasteiger partial charge in [0.1, 0.15) is 4.83 Å². The van der Waals surface area contributed by atoms with Gasteiger partial charge in [0.25, 0.3) is 5.91 Å². The number of halogens is 2. The molecule has 148 valence electrons. The number of nitrogens with zero attached hydrogens (tertiary/aromatic N) is 3. The Balaban J connectivity index is 1.96. The molecule has 0 aliphatic heterocycles. The molecule has 0 saturated heterocycles. The average Bonchev–Trinajstić information content (AvgIpc) is 3.16. The van der Waals surface area contributed by atoms with E-state index in [-0.39, 0.29) is 18.5 Å². The van der Waals surface area contributed by atoms with Gasteiger partial charge in [-0.2, -0.15) is 5.10 Å². The third kappa shape index (κ3) is 4.16. The fourth-order valence-electron chi connectivity index (χ4n) is 2.93. The molecule has 0 fully saturated rings. The number of carbonyl (C=O) groups is 2. The zero-order chi connectivity index (χ0) is 20.6. The van der Waals surface area contributed by atoms with Crippen molar-refractivity contribution in [3.05, 3.63) is 50.4 Å². The first-order chi connectivity index (χ1) is 13.2. The van der Waals surface area contributed by atoms with E-state index in [9.17, 15) is 9.59 Å². The summed E-state index contributed by atoms with van der Waals surface area (Å²) in [5.41, 5.74) is 7.00. The van der Waals surface area contributed by atoms with Crippen molar-refractivity contribution in [2.24, 2.45) is 5.73 Å². The minimum absolute atomic E-state index is 0.115. The zero-order valence-corrected chi connectivity index (χ0v) is 18.0. The van der Waals surface area contributed by atoms with Gasteiger partial charge in [-0.25, -0.2) is 0 Å². The highest BCUT2D eigenvalue weighted by Crippen LogP contribution is 2.31. The van der Waals surface area contributed by atoms with Gasteiger partial charge < -0.3 is 10.6 Å². The SMILES string of the molecule is Cc1nn(Cc2ccc(Cl)cc2Cl)c2sc(C(=O)N(CC(N)=O)C(C)C)cc12. The Morgan fingerprint density at radius 3 is 2.61 bits per heavy atom. The van der Waals surface area contributed by atoms with E-state index in [1.165, 1.54) is 16.2 Å². The number of benzene rings is 1. The number of fused-ring (bicyclic) bond motifs is 1. The van der Waals surface area contributed by atoms with Gasteiger partial charge in [-0.1, -0.05) is 29.3 Å². The summed E-state index contributed by atoms with van der Waals surface area (Å²) in [7, 11) is 0. The lowest BCUT2D eigenvalue weighted by atomic mass is 10.2. The van der Waals surface area contributed by atoms with Gasteiger partial charge in [0, 0.05) is 21.5 Å². The van der Waals surface area contributed by atoms with E-state index >= 15 is 0 Å². The summed E-state index contributed by atoms with van der Waals surface area (Å²) in [6, 6.07) is 7.02. The predicted octanol–water partition coefficient (Wildman–Crippen LogP) is 4.10. The standard InChI is InChI=1S/C19H20Cl2N4O2S/c1-10(2)24(9-17(22)26)18(27)16-7-14-11(3)23-25(19(14)28-16)8-12-4-5-13(20)6-15(12)21/h4-7,10H,8-9H2,1-3H3,(H2,22,26). The van der Waals surface area contributed by atoms with Gasteiger partial charge in [0.2, 0.25) is 5.91 Å². The molecule has 3 rings (SSSR count). The van der Waals surface area contributed by atoms with Crippen LogP contribution in [0.3, 0.4) is 0 Å². The molecular weight excluding hydrogens is 419 g/mol. The first-order valence-electron chi connectivity index (χ1n) is 8.67. The van der Waals surface area contributed by atoms with Crippen LogP contribution < -0.4 is 5.73 Å². The predicted molar refractivity (Wildman–Crippen MR) is 113 cm³/mol. The lowest BCUT2D eigenvalue weighted by Crippen LogP contribution is -2.42. The van der Waals surface area contributed by atoms with Gasteiger partial charge in [0.15, 0.2) is 0 Å². The summed E-state index contributed by atoms with van der Waals surface area (Å²) in [6.45, 7) is 5.94. The van der Waals surface area contributed by atoms with Crippen molar-refractivity contribution in [2.75, 3.05) is 6.54 Å². The van der Waals surface area contributed by atoms with Crippen molar-refractivity contribution in [3.8, 4) is 0 Å². The third-order valence-corrected chi connectivity index (χ3v) is 6.09. The summed E-state index contributed by atoms with van der Waals surface area (Å²) < 4.78 is 1.83. The number of thiophene rings is 1. The molecule has 2 N–H and O–H groups in total. The number of rotatable bonds is 6. The normalized spacial score (nSPS) is 11.4. The summed E-state index contributed by atoms with van der Waals surface area (Å²) >= 11 is 13.6. The first-order valence-corrected chi connectivity index (χ1v) is 10.2. The minimum Gasteiger partial charge on any atom is -0.368 e. The van der Waals surface area contributed by atoms with Crippen LogP contribution in [0.2, 0.25) is 10.0 Å². The zero-order valence-electron chi connectivity index (χ0n) is 15.7. The van der Waals surface area contributed by atoms with Crippen LogP contribution in [0.5, 0.6) is 0 Å². The van der Waals surface area contributed by atoms with E-state index in [2.05, 4.69) is 5.10 Å². The molecule has 28 heavy (non-hydrogen) atoms. The van der Waals surface area contributed by atoms with Crippen LogP contribution in [0, 0.1) is 6.92 Å². The summed E-state index contributed by atoms with van der Waals surface area (Å²) in [6.07, 6.45) is 0. The van der Waals surface area contributed by atoms with E-state index < -0.39 is 5.91 Å². The Hall–Kier alpha value is -2.09. The van der Waals surface area contributed by atoms with Crippen LogP contribution in [0.25, 0.3) is 10.2 Å². The Kier molecular flexibility index (Phi) is 5.98. The number of carbonyl (C=O) groups excluding carboxylic acids is 2. The number of aromatic nitrogens is 2. The molecule has 0 spiro atoms. The van der Waals surface area contributed by atoms with E-state index in [1.807, 2.05) is 37.6 Å². The highest BCUT2D eigenvalue weighted by Gasteiger charge is 2.24. The van der Waals surface area contributed by atoms with Crippen LogP contribution in [0.1, 0.15) is 34.8 Å². The molecule has 0 radical (unpaired) electrons. The second-order valence-electron chi connectivity index (χ2n) is 6.80. The van der Waals surface area contributed by atoms with Crippen LogP contribution in [-0.2, 0) is 11.3 Å². The molecule has 0 aliphatic carbocycles. The number of hydrogen-bond acceptors (Lipinski definition) is 4. The van der Waals surface area contributed by atoms with Crippen molar-refractivity contribution >= 4 is 56.6 Å². The van der Waals surface area contributed by atoms with Gasteiger partial charge in [0.05, 0.1) is 23.7 Å². The van der Waals surface area contributed by atoms with E-state index in [0.29, 0.717) is 21.5 Å². The number of amides is 2. The summed E-state index contributed by atoms with van der Waals surface area (Å²) in [4.78, 5) is 27.1. The average molecular weight is 439 g/mol. The molecule has 6 nitrogen and oxygen atoms in total. The molecule has 0 aliphatic rings. The summed E-state index contributed by atoms with van der Waals surface area (Å²) in [5, 5.41) is 6.61. The van der Waals surface area contributed by atoms with E-state index in [0.717, 1.165) is 21.5 Å². The van der Waals surface area contributed by atoms with Crippen LogP contribution in [0.15, 0.2) is 24.3 Å². The fourth-order valence-corrected chi connectivity index (χ4v) is 4.52. The molecule has 2 amide bonds. The van der Waals surface area contributed by atoms with Crippen molar-refractivity contribution in [2.45, 2.75) is 33.4 Å². The lowest BCUT2D eigenvalue weighted by Gasteiger charge is -2.24. The molecule has 2 aromatic heterocycles. The molecule has 0 saturated carbocycles. The highest BCUT2D eigenvalue weighted by molar-refractivity contribution is 7.20. The highest BCUT2D eigenvalue weighted by atomic mass is 35.5. The van der Waals surface area contributed by atoms with Crippen molar-refractivity contribution < 1.29 is 9.59 Å². The molecular formula is C19H20Cl2N4O2S. The lowest BCUT2D eigenvalue weighted by molar-refractivity contribution is -0.119. The van der Waals surface area contributed by atoms with Gasteiger partial charge >= 0.3 is 0 Å². The Bertz CT molecular complexity index is 1060. The van der Waals surface area contributed by atoms with Crippen LogP contribution >= 0.6 is 34.5 Å². The maximum Gasteiger partial charge on any atom is 0.264 e. The maximum absolute atomic E-state index is 12.9. The first kappa shape index (κ1) is 20.6. The molecule has 9 heteroatoms. The second-order valence-corrected chi connectivity index (χ2v) is 8.68. The largest absolute Gasteiger partial charge is 0.368 e. The van der Waals surface area contributed by atoms with Crippen molar-refractivity contribution in [1.82, 2.24) is 14.7 Å². The van der Waals surface area contributed by atoms with E-state index in [4.69, 9.17) is 28.9 Å². The number of primary amides is 1. The molecule has 0 unspecified atom stereocenters. The van der Waals surface area contributed by atoms with Crippen molar-refractivity contribution in [3.63, 3.8) is 0 Å². The monoisotopic (exact) mass is 438 g/mol. The van der Waals surface area contributed by atoms with Gasteiger partial charge in [-0.15, -0.1) is 11.3 Å². The molecule has 3 aromatic rings.